The Hall–Kier alpha value is -2.01. The average Bonchev–Trinajstić information content (AvgIpc) is 2.49. The standard InChI is InChI=1S/C10H15N.C7H5F3O/c1-11-9-5-8-10-6-3-2-4-7-10;8-7(9,10)5-1-3-6(11)4-2-5/h2-4,6-7,11H,5,8-9H2,1H3;1-4,11H. The molecule has 0 unspecified atom stereocenters. The van der Waals surface area contributed by atoms with Crippen molar-refractivity contribution >= 4 is 0 Å². The third kappa shape index (κ3) is 7.13. The van der Waals surface area contributed by atoms with E-state index < -0.39 is 11.7 Å². The number of rotatable bonds is 4. The van der Waals surface area contributed by atoms with Crippen molar-refractivity contribution in [2.75, 3.05) is 13.6 Å². The first kappa shape index (κ1) is 18.0. The Labute approximate surface area is 128 Å². The minimum absolute atomic E-state index is 0.169. The topological polar surface area (TPSA) is 32.3 Å². The molecule has 0 saturated heterocycles. The summed E-state index contributed by atoms with van der Waals surface area (Å²) in [6, 6.07) is 14.3. The first-order valence-corrected chi connectivity index (χ1v) is 6.98. The summed E-state index contributed by atoms with van der Waals surface area (Å²) in [5.74, 6) is -0.169. The monoisotopic (exact) mass is 311 g/mol. The van der Waals surface area contributed by atoms with E-state index in [1.165, 1.54) is 18.4 Å². The Morgan fingerprint density at radius 2 is 1.55 bits per heavy atom. The van der Waals surface area contributed by atoms with Gasteiger partial charge in [-0.15, -0.1) is 0 Å². The molecule has 120 valence electrons. The van der Waals surface area contributed by atoms with Crippen molar-refractivity contribution in [1.82, 2.24) is 5.32 Å². The van der Waals surface area contributed by atoms with Crippen molar-refractivity contribution in [3.05, 3.63) is 65.7 Å². The molecule has 22 heavy (non-hydrogen) atoms. The number of aromatic hydroxyl groups is 1. The van der Waals surface area contributed by atoms with Crippen LogP contribution in [0.4, 0.5) is 13.2 Å². The molecule has 2 nitrogen and oxygen atoms in total. The van der Waals surface area contributed by atoms with Crippen molar-refractivity contribution in [1.29, 1.82) is 0 Å². The number of nitrogens with one attached hydrogen (secondary N) is 1. The molecule has 0 amide bonds. The van der Waals surface area contributed by atoms with Gasteiger partial charge in [-0.2, -0.15) is 13.2 Å². The van der Waals surface area contributed by atoms with Crippen molar-refractivity contribution in [2.45, 2.75) is 19.0 Å². The minimum atomic E-state index is -4.33. The van der Waals surface area contributed by atoms with Crippen LogP contribution in [0.1, 0.15) is 17.5 Å². The van der Waals surface area contributed by atoms with Crippen LogP contribution in [-0.4, -0.2) is 18.7 Å². The van der Waals surface area contributed by atoms with E-state index in [4.69, 9.17) is 5.11 Å². The zero-order chi connectivity index (χ0) is 16.4. The molecule has 0 fully saturated rings. The summed E-state index contributed by atoms with van der Waals surface area (Å²) in [4.78, 5) is 0. The fourth-order valence-corrected chi connectivity index (χ4v) is 1.76. The van der Waals surface area contributed by atoms with Gasteiger partial charge in [0.25, 0.3) is 0 Å². The molecular formula is C17H20F3NO. The third-order valence-corrected chi connectivity index (χ3v) is 2.93. The molecule has 2 aromatic rings. The summed E-state index contributed by atoms with van der Waals surface area (Å²) in [5.41, 5.74) is 0.679. The number of alkyl halides is 3. The molecule has 5 heteroatoms. The second-order valence-electron chi connectivity index (χ2n) is 4.74. The number of phenols is 1. The number of benzene rings is 2. The largest absolute Gasteiger partial charge is 0.508 e. The van der Waals surface area contributed by atoms with Crippen LogP contribution in [0.3, 0.4) is 0 Å². The molecule has 2 aromatic carbocycles. The Kier molecular flexibility index (Phi) is 7.46. The van der Waals surface area contributed by atoms with Crippen molar-refractivity contribution in [3.8, 4) is 5.75 Å². The summed E-state index contributed by atoms with van der Waals surface area (Å²) >= 11 is 0. The van der Waals surface area contributed by atoms with Gasteiger partial charge >= 0.3 is 6.18 Å². The van der Waals surface area contributed by atoms with E-state index in [0.29, 0.717) is 0 Å². The van der Waals surface area contributed by atoms with Gasteiger partial charge in [0.05, 0.1) is 5.56 Å². The summed E-state index contributed by atoms with van der Waals surface area (Å²) in [6.07, 6.45) is -1.92. The second kappa shape index (κ2) is 9.10. The Balaban J connectivity index is 0.000000220. The van der Waals surface area contributed by atoms with E-state index in [1.54, 1.807) is 0 Å². The number of aryl methyl sites for hydroxylation is 1. The second-order valence-corrected chi connectivity index (χ2v) is 4.74. The van der Waals surface area contributed by atoms with Crippen molar-refractivity contribution in [3.63, 3.8) is 0 Å². The maximum absolute atomic E-state index is 11.8. The molecule has 0 radical (unpaired) electrons. The van der Waals surface area contributed by atoms with E-state index in [0.717, 1.165) is 30.8 Å². The molecule has 2 rings (SSSR count). The molecule has 0 spiro atoms. The zero-order valence-corrected chi connectivity index (χ0v) is 12.4. The van der Waals surface area contributed by atoms with E-state index in [-0.39, 0.29) is 5.75 Å². The van der Waals surface area contributed by atoms with Crippen molar-refractivity contribution in [2.24, 2.45) is 0 Å². The fraction of sp³-hybridized carbons (Fsp3) is 0.294. The highest BCUT2D eigenvalue weighted by Gasteiger charge is 2.29. The number of hydrogen-bond acceptors (Lipinski definition) is 2. The SMILES string of the molecule is CNCCCc1ccccc1.Oc1ccc(C(F)(F)F)cc1. The van der Waals surface area contributed by atoms with Crippen LogP contribution in [0.15, 0.2) is 54.6 Å². The van der Waals surface area contributed by atoms with Gasteiger partial charge in [0.15, 0.2) is 0 Å². The molecule has 0 heterocycles. The van der Waals surface area contributed by atoms with Gasteiger partial charge in [0.1, 0.15) is 5.75 Å². The first-order valence-electron chi connectivity index (χ1n) is 6.98. The molecular weight excluding hydrogens is 291 g/mol. The Morgan fingerprint density at radius 3 is 2.05 bits per heavy atom. The number of hydrogen-bond donors (Lipinski definition) is 2. The van der Waals surface area contributed by atoms with Crippen molar-refractivity contribution < 1.29 is 18.3 Å². The average molecular weight is 311 g/mol. The minimum Gasteiger partial charge on any atom is -0.508 e. The molecule has 0 aliphatic carbocycles. The predicted octanol–water partition coefficient (Wildman–Crippen LogP) is 4.25. The van der Waals surface area contributed by atoms with Gasteiger partial charge in [-0.05, 0) is 56.3 Å². The van der Waals surface area contributed by atoms with Gasteiger partial charge in [-0.1, -0.05) is 30.3 Å². The third-order valence-electron chi connectivity index (χ3n) is 2.93. The van der Waals surface area contributed by atoms with Crippen LogP contribution in [0.2, 0.25) is 0 Å². The summed E-state index contributed by atoms with van der Waals surface area (Å²) in [5, 5.41) is 11.8. The molecule has 0 bridgehead atoms. The zero-order valence-electron chi connectivity index (χ0n) is 12.4. The first-order chi connectivity index (χ1) is 10.4. The lowest BCUT2D eigenvalue weighted by atomic mass is 10.1. The van der Waals surface area contributed by atoms with E-state index in [9.17, 15) is 13.2 Å². The Morgan fingerprint density at radius 1 is 0.955 bits per heavy atom. The highest BCUT2D eigenvalue weighted by Crippen LogP contribution is 2.29. The van der Waals surface area contributed by atoms with Crippen LogP contribution < -0.4 is 5.32 Å². The van der Waals surface area contributed by atoms with Crippen LogP contribution in [0.25, 0.3) is 0 Å². The van der Waals surface area contributed by atoms with Crippen LogP contribution in [0.5, 0.6) is 5.75 Å². The van der Waals surface area contributed by atoms with E-state index in [1.807, 2.05) is 7.05 Å². The predicted molar refractivity (Wildman–Crippen MR) is 81.8 cm³/mol. The normalized spacial score (nSPS) is 10.7. The van der Waals surface area contributed by atoms with Gasteiger partial charge in [0, 0.05) is 0 Å². The maximum Gasteiger partial charge on any atom is 0.416 e. The molecule has 0 aliphatic rings. The number of halogens is 3. The van der Waals surface area contributed by atoms with Gasteiger partial charge in [0.2, 0.25) is 0 Å². The van der Waals surface area contributed by atoms with Gasteiger partial charge < -0.3 is 10.4 Å². The lowest BCUT2D eigenvalue weighted by molar-refractivity contribution is -0.137. The van der Waals surface area contributed by atoms with Crippen LogP contribution in [0, 0.1) is 0 Å². The molecule has 0 aromatic heterocycles. The summed E-state index contributed by atoms with van der Waals surface area (Å²) in [6.45, 7) is 1.11. The van der Waals surface area contributed by atoms with Crippen LogP contribution >= 0.6 is 0 Å². The number of phenolic OH excluding ortho intramolecular Hbond substituents is 1. The highest BCUT2D eigenvalue weighted by molar-refractivity contribution is 5.27. The lowest BCUT2D eigenvalue weighted by Gasteiger charge is -2.04. The van der Waals surface area contributed by atoms with Crippen LogP contribution in [-0.2, 0) is 12.6 Å². The smallest absolute Gasteiger partial charge is 0.416 e. The fourth-order valence-electron chi connectivity index (χ4n) is 1.76. The van der Waals surface area contributed by atoms with Gasteiger partial charge in [-0.25, -0.2) is 0 Å². The molecule has 2 N–H and O–H groups in total. The summed E-state index contributed by atoms with van der Waals surface area (Å²) < 4.78 is 35.5. The highest BCUT2D eigenvalue weighted by atomic mass is 19.4. The molecule has 0 aliphatic heterocycles. The summed E-state index contributed by atoms with van der Waals surface area (Å²) in [7, 11) is 1.99. The molecule has 0 atom stereocenters. The molecule has 0 saturated carbocycles. The Bertz CT molecular complexity index is 524. The lowest BCUT2D eigenvalue weighted by Crippen LogP contribution is -2.08. The van der Waals surface area contributed by atoms with Gasteiger partial charge in [-0.3, -0.25) is 0 Å². The van der Waals surface area contributed by atoms with E-state index >= 15 is 0 Å². The maximum atomic E-state index is 11.8. The van der Waals surface area contributed by atoms with E-state index in [2.05, 4.69) is 35.6 Å². The quantitative estimate of drug-likeness (QED) is 0.827.